The molecule has 0 amide bonds. The van der Waals surface area contributed by atoms with Crippen molar-refractivity contribution in [2.75, 3.05) is 13.1 Å². The van der Waals surface area contributed by atoms with E-state index in [4.69, 9.17) is 0 Å². The Morgan fingerprint density at radius 2 is 1.78 bits per heavy atom. The summed E-state index contributed by atoms with van der Waals surface area (Å²) in [5.74, 6) is 0. The van der Waals surface area contributed by atoms with E-state index < -0.39 is 8.07 Å². The third-order valence-electron chi connectivity index (χ3n) is 4.32. The largest absolute Gasteiger partial charge is 0.317 e. The molecule has 3 heteroatoms. The first kappa shape index (κ1) is 18.1. The second-order valence-electron chi connectivity index (χ2n) is 7.41. The average molecular weight is 286 g/mol. The highest BCUT2D eigenvalue weighted by atomic mass is 28.3. The van der Waals surface area contributed by atoms with E-state index in [0.29, 0.717) is 5.04 Å². The molecule has 0 heterocycles. The van der Waals surface area contributed by atoms with Crippen molar-refractivity contribution in [3.63, 3.8) is 0 Å². The van der Waals surface area contributed by atoms with Crippen molar-refractivity contribution >= 4 is 17.6 Å². The van der Waals surface area contributed by atoms with Gasteiger partial charge in [0.05, 0.1) is 8.07 Å². The van der Waals surface area contributed by atoms with Crippen LogP contribution < -0.4 is 5.32 Å². The summed E-state index contributed by atoms with van der Waals surface area (Å²) in [6, 6.07) is 2.86. The smallest absolute Gasteiger partial charge is 0.0540 e. The lowest BCUT2D eigenvalue weighted by atomic mass is 10.2. The number of hydrogen-bond donors (Lipinski definition) is 1. The molecule has 1 nitrogen and oxygen atoms in total. The van der Waals surface area contributed by atoms with Crippen molar-refractivity contribution < 1.29 is 0 Å². The molecule has 0 fully saturated rings. The maximum atomic E-state index is 3.64. The Labute approximate surface area is 119 Å². The Morgan fingerprint density at radius 3 is 2.28 bits per heavy atom. The van der Waals surface area contributed by atoms with Crippen LogP contribution >= 0.6 is 0 Å². The summed E-state index contributed by atoms with van der Waals surface area (Å²) >= 11 is 0. The highest BCUT2D eigenvalue weighted by Crippen LogP contribution is 2.38. The zero-order valence-corrected chi connectivity index (χ0v) is 16.2. The fourth-order valence-electron chi connectivity index (χ4n) is 1.69. The van der Waals surface area contributed by atoms with Gasteiger partial charge in [0.25, 0.3) is 0 Å². The third-order valence-corrected chi connectivity index (χ3v) is 11.9. The van der Waals surface area contributed by atoms with Crippen LogP contribution in [0.4, 0.5) is 0 Å². The lowest BCUT2D eigenvalue weighted by molar-refractivity contribution is 0.669. The quantitative estimate of drug-likeness (QED) is 0.525. The molecule has 1 N–H and O–H groups in total. The van der Waals surface area contributed by atoms with E-state index >= 15 is 0 Å². The Bertz CT molecular complexity index is 248. The fraction of sp³-hybridized carbons (Fsp3) is 0.867. The Hall–Kier alpha value is 0.134. The summed E-state index contributed by atoms with van der Waals surface area (Å²) in [4.78, 5) is 0. The van der Waals surface area contributed by atoms with Crippen molar-refractivity contribution in [1.82, 2.24) is 5.32 Å². The molecule has 0 saturated carbocycles. The van der Waals surface area contributed by atoms with Crippen LogP contribution in [0.2, 0.25) is 30.2 Å². The minimum atomic E-state index is -1.06. The molecule has 0 atom stereocenters. The van der Waals surface area contributed by atoms with Crippen molar-refractivity contribution in [3.05, 3.63) is 11.3 Å². The topological polar surface area (TPSA) is 12.0 Å². The zero-order chi connectivity index (χ0) is 14.2. The number of rotatable bonds is 8. The molecule has 0 aliphatic rings. The fourth-order valence-corrected chi connectivity index (χ4v) is 4.56. The monoisotopic (exact) mass is 285 g/mol. The zero-order valence-electron chi connectivity index (χ0n) is 13.8. The van der Waals surface area contributed by atoms with E-state index in [1.165, 1.54) is 37.2 Å². The molecule has 0 rings (SSSR count). The van der Waals surface area contributed by atoms with Gasteiger partial charge < -0.3 is 5.32 Å². The van der Waals surface area contributed by atoms with E-state index in [1.807, 2.05) is 0 Å². The normalized spacial score (nSPS) is 13.3. The van der Waals surface area contributed by atoms with Gasteiger partial charge in [-0.3, -0.25) is 0 Å². The number of hydrogen-bond acceptors (Lipinski definition) is 1. The van der Waals surface area contributed by atoms with Gasteiger partial charge in [-0.25, -0.2) is 0 Å². The lowest BCUT2D eigenvalue weighted by Crippen LogP contribution is -2.39. The molecule has 18 heavy (non-hydrogen) atoms. The summed E-state index contributed by atoms with van der Waals surface area (Å²) in [5, 5.41) is 4.17. The second kappa shape index (κ2) is 8.33. The van der Waals surface area contributed by atoms with Gasteiger partial charge in [-0.1, -0.05) is 45.5 Å². The maximum absolute atomic E-state index is 3.64. The number of allylic oxidation sites excluding steroid dienone is 1. The van der Waals surface area contributed by atoms with E-state index in [2.05, 4.69) is 58.7 Å². The molecule has 0 aliphatic carbocycles. The minimum Gasteiger partial charge on any atom is -0.317 e. The highest BCUT2D eigenvalue weighted by molar-refractivity contribution is 6.80. The SMILES string of the molecule is CC(C)=C[SiH2]CCCNCC[Si](C)(C)C(C)(C)C. The predicted molar refractivity (Wildman–Crippen MR) is 92.3 cm³/mol. The van der Waals surface area contributed by atoms with Crippen LogP contribution in [0.5, 0.6) is 0 Å². The van der Waals surface area contributed by atoms with Crippen LogP contribution in [-0.2, 0) is 0 Å². The summed E-state index contributed by atoms with van der Waals surface area (Å²) in [6.07, 6.45) is 1.37. The van der Waals surface area contributed by atoms with Gasteiger partial charge in [0.1, 0.15) is 0 Å². The molecule has 0 aromatic heterocycles. The molecule has 0 unspecified atom stereocenters. The van der Waals surface area contributed by atoms with E-state index in [9.17, 15) is 0 Å². The molecule has 0 saturated heterocycles. The lowest BCUT2D eigenvalue weighted by Gasteiger charge is -2.37. The van der Waals surface area contributed by atoms with Gasteiger partial charge in [-0.2, -0.15) is 0 Å². The van der Waals surface area contributed by atoms with Crippen molar-refractivity contribution in [1.29, 1.82) is 0 Å². The first-order valence-corrected chi connectivity index (χ1v) is 12.5. The molecule has 0 aromatic rings. The molecule has 0 aliphatic heterocycles. The molecular weight excluding hydrogens is 250 g/mol. The summed E-state index contributed by atoms with van der Waals surface area (Å²) in [5.41, 5.74) is 3.99. The van der Waals surface area contributed by atoms with Gasteiger partial charge in [0.15, 0.2) is 0 Å². The van der Waals surface area contributed by atoms with Crippen LogP contribution in [0.15, 0.2) is 11.3 Å². The van der Waals surface area contributed by atoms with Gasteiger partial charge in [0, 0.05) is 9.52 Å². The van der Waals surface area contributed by atoms with E-state index in [0.717, 1.165) is 0 Å². The summed E-state index contributed by atoms with van der Waals surface area (Å²) in [6.45, 7) is 19.1. The van der Waals surface area contributed by atoms with Crippen LogP contribution in [-0.4, -0.2) is 30.7 Å². The van der Waals surface area contributed by atoms with E-state index in [1.54, 1.807) is 0 Å². The molecule has 0 aromatic carbocycles. The maximum Gasteiger partial charge on any atom is 0.0540 e. The second-order valence-corrected chi connectivity index (χ2v) is 14.9. The van der Waals surface area contributed by atoms with Crippen LogP contribution in [0.3, 0.4) is 0 Å². The molecular formula is C15H35NSi2. The van der Waals surface area contributed by atoms with Gasteiger partial charge in [-0.05, 0) is 44.4 Å². The average Bonchev–Trinajstić information content (AvgIpc) is 2.19. The highest BCUT2D eigenvalue weighted by Gasteiger charge is 2.33. The Balaban J connectivity index is 3.55. The summed E-state index contributed by atoms with van der Waals surface area (Å²) < 4.78 is 0. The molecule has 0 spiro atoms. The van der Waals surface area contributed by atoms with Crippen molar-refractivity contribution in [2.45, 2.75) is 71.3 Å². The van der Waals surface area contributed by atoms with Crippen LogP contribution in [0.25, 0.3) is 0 Å². The standard InChI is InChI=1S/C15H35NSi2/c1-14(2)13-17-11-8-9-16-10-12-18(6,7)15(3,4)5/h13,16H,8-12,17H2,1-7H3. The first-order valence-electron chi connectivity index (χ1n) is 7.51. The minimum absolute atomic E-state index is 0.0864. The van der Waals surface area contributed by atoms with Crippen LogP contribution in [0, 0.1) is 0 Å². The Morgan fingerprint density at radius 1 is 1.17 bits per heavy atom. The third kappa shape index (κ3) is 8.27. The summed E-state index contributed by atoms with van der Waals surface area (Å²) in [7, 11) is -0.972. The van der Waals surface area contributed by atoms with E-state index in [-0.39, 0.29) is 9.52 Å². The van der Waals surface area contributed by atoms with Gasteiger partial charge >= 0.3 is 0 Å². The van der Waals surface area contributed by atoms with Gasteiger partial charge in [0.2, 0.25) is 0 Å². The molecule has 108 valence electrons. The number of nitrogens with one attached hydrogen (secondary N) is 1. The van der Waals surface area contributed by atoms with Gasteiger partial charge in [-0.15, -0.1) is 5.70 Å². The van der Waals surface area contributed by atoms with Crippen LogP contribution in [0.1, 0.15) is 41.0 Å². The molecule has 0 bridgehead atoms. The first-order chi connectivity index (χ1) is 8.17. The predicted octanol–water partition coefficient (Wildman–Crippen LogP) is 3.99. The Kier molecular flexibility index (Phi) is 8.40. The van der Waals surface area contributed by atoms with Crippen molar-refractivity contribution in [2.24, 2.45) is 0 Å². The van der Waals surface area contributed by atoms with Crippen molar-refractivity contribution in [3.8, 4) is 0 Å². The molecule has 0 radical (unpaired) electrons.